The number of nitrogens with one attached hydrogen (secondary N) is 1. The van der Waals surface area contributed by atoms with E-state index in [-0.39, 0.29) is 23.5 Å². The Morgan fingerprint density at radius 1 is 1.33 bits per heavy atom. The number of hydrogen-bond donors (Lipinski definition) is 2. The molecule has 1 aliphatic heterocycles. The Hall–Kier alpha value is -1.39. The first kappa shape index (κ1) is 18.9. The molecule has 1 aromatic carbocycles. The maximum absolute atomic E-state index is 12.7. The summed E-state index contributed by atoms with van der Waals surface area (Å²) in [6.45, 7) is 8.38. The van der Waals surface area contributed by atoms with E-state index in [9.17, 15) is 9.90 Å². The second kappa shape index (κ2) is 8.63. The minimum absolute atomic E-state index is 0.0405. The van der Waals surface area contributed by atoms with Crippen LogP contribution >= 0.6 is 0 Å². The molecule has 1 aromatic rings. The summed E-state index contributed by atoms with van der Waals surface area (Å²) in [5, 5.41) is 12.7. The summed E-state index contributed by atoms with van der Waals surface area (Å²) in [6, 6.07) is 10.3. The molecule has 0 aliphatic carbocycles. The second-order valence-electron chi connectivity index (χ2n) is 7.90. The number of likely N-dealkylation sites (tertiary alicyclic amines) is 1. The molecule has 2 N–H and O–H groups in total. The monoisotopic (exact) mass is 332 g/mol. The minimum atomic E-state index is -0.346. The van der Waals surface area contributed by atoms with Gasteiger partial charge in [-0.1, -0.05) is 50.6 Å². The van der Waals surface area contributed by atoms with Crippen molar-refractivity contribution in [1.29, 1.82) is 0 Å². The van der Waals surface area contributed by atoms with Crippen LogP contribution in [0.25, 0.3) is 0 Å². The normalized spacial score (nSPS) is 20.6. The molecule has 0 bridgehead atoms. The molecule has 2 rings (SSSR count). The highest BCUT2D eigenvalue weighted by Gasteiger charge is 2.30. The van der Waals surface area contributed by atoms with E-state index in [0.717, 1.165) is 32.4 Å². The molecule has 0 aromatic heterocycles. The van der Waals surface area contributed by atoms with Gasteiger partial charge in [0.1, 0.15) is 0 Å². The Morgan fingerprint density at radius 2 is 2.04 bits per heavy atom. The first-order chi connectivity index (χ1) is 11.4. The lowest BCUT2D eigenvalue weighted by Gasteiger charge is -2.35. The number of carbonyl (C=O) groups excluding carboxylic acids is 1. The molecule has 0 radical (unpaired) electrons. The molecule has 2 atom stereocenters. The van der Waals surface area contributed by atoms with Crippen molar-refractivity contribution in [3.05, 3.63) is 35.9 Å². The van der Waals surface area contributed by atoms with E-state index in [4.69, 9.17) is 0 Å². The molecular weight excluding hydrogens is 300 g/mol. The van der Waals surface area contributed by atoms with Gasteiger partial charge in [-0.25, -0.2) is 0 Å². The number of piperidine rings is 1. The predicted molar refractivity (Wildman–Crippen MR) is 97.6 cm³/mol. The van der Waals surface area contributed by atoms with Crippen molar-refractivity contribution in [3.63, 3.8) is 0 Å². The summed E-state index contributed by atoms with van der Waals surface area (Å²) in [6.07, 6.45) is 3.53. The zero-order chi connectivity index (χ0) is 17.6. The highest BCUT2D eigenvalue weighted by Crippen LogP contribution is 2.23. The highest BCUT2D eigenvalue weighted by molar-refractivity contribution is 5.81. The van der Waals surface area contributed by atoms with Crippen LogP contribution in [0.3, 0.4) is 0 Å². The third-order valence-corrected chi connectivity index (χ3v) is 4.73. The summed E-state index contributed by atoms with van der Waals surface area (Å²) in [5.74, 6) is 0.129. The van der Waals surface area contributed by atoms with E-state index >= 15 is 0 Å². The molecular formula is C20H32N2O2. The molecule has 1 heterocycles. The molecule has 0 saturated carbocycles. The lowest BCUT2D eigenvalue weighted by Crippen LogP contribution is -2.50. The van der Waals surface area contributed by atoms with Crippen LogP contribution in [0.4, 0.5) is 0 Å². The fraction of sp³-hybridized carbons (Fsp3) is 0.650. The summed E-state index contributed by atoms with van der Waals surface area (Å²) in [4.78, 5) is 15.0. The summed E-state index contributed by atoms with van der Waals surface area (Å²) in [7, 11) is 0. The lowest BCUT2D eigenvalue weighted by atomic mass is 9.87. The maximum atomic E-state index is 12.7. The average Bonchev–Trinajstić information content (AvgIpc) is 2.53. The van der Waals surface area contributed by atoms with Crippen molar-refractivity contribution < 1.29 is 9.90 Å². The predicted octanol–water partition coefficient (Wildman–Crippen LogP) is 2.95. The van der Waals surface area contributed by atoms with Crippen molar-refractivity contribution in [2.45, 2.75) is 65.1 Å². The number of hydrogen-bond acceptors (Lipinski definition) is 3. The SMILES string of the molecule is CC(O)CC(C)(C)CNC(=O)C1CCCCN1Cc1ccccc1. The van der Waals surface area contributed by atoms with Crippen molar-refractivity contribution in [1.82, 2.24) is 10.2 Å². The summed E-state index contributed by atoms with van der Waals surface area (Å²) >= 11 is 0. The van der Waals surface area contributed by atoms with Gasteiger partial charge < -0.3 is 10.4 Å². The van der Waals surface area contributed by atoms with Gasteiger partial charge in [0.25, 0.3) is 0 Å². The Morgan fingerprint density at radius 3 is 2.71 bits per heavy atom. The molecule has 1 aliphatic rings. The Labute approximate surface area is 146 Å². The van der Waals surface area contributed by atoms with Gasteiger partial charge in [0.05, 0.1) is 12.1 Å². The minimum Gasteiger partial charge on any atom is -0.393 e. The van der Waals surface area contributed by atoms with Gasteiger partial charge >= 0.3 is 0 Å². The lowest BCUT2D eigenvalue weighted by molar-refractivity contribution is -0.128. The Kier molecular flexibility index (Phi) is 6.81. The van der Waals surface area contributed by atoms with Crippen LogP contribution in [0.1, 0.15) is 52.0 Å². The molecule has 24 heavy (non-hydrogen) atoms. The van der Waals surface area contributed by atoms with E-state index in [1.54, 1.807) is 6.92 Å². The summed E-state index contributed by atoms with van der Waals surface area (Å²) in [5.41, 5.74) is 1.16. The number of amides is 1. The van der Waals surface area contributed by atoms with E-state index in [1.165, 1.54) is 5.56 Å². The van der Waals surface area contributed by atoms with Crippen LogP contribution in [-0.4, -0.2) is 41.1 Å². The highest BCUT2D eigenvalue weighted by atomic mass is 16.3. The van der Waals surface area contributed by atoms with E-state index in [2.05, 4.69) is 36.2 Å². The van der Waals surface area contributed by atoms with Crippen LogP contribution in [0.15, 0.2) is 30.3 Å². The molecule has 2 unspecified atom stereocenters. The molecule has 4 heteroatoms. The third kappa shape index (κ3) is 5.91. The number of aliphatic hydroxyl groups excluding tert-OH is 1. The fourth-order valence-electron chi connectivity index (χ4n) is 3.61. The largest absolute Gasteiger partial charge is 0.393 e. The van der Waals surface area contributed by atoms with Crippen molar-refractivity contribution in [2.24, 2.45) is 5.41 Å². The Balaban J connectivity index is 1.93. The molecule has 1 saturated heterocycles. The zero-order valence-corrected chi connectivity index (χ0v) is 15.3. The standard InChI is InChI=1S/C20H32N2O2/c1-16(23)13-20(2,3)15-21-19(24)18-11-7-8-12-22(18)14-17-9-5-4-6-10-17/h4-6,9-10,16,18,23H,7-8,11-15H2,1-3H3,(H,21,24). The van der Waals surface area contributed by atoms with Gasteiger partial charge in [-0.3, -0.25) is 9.69 Å². The number of carbonyl (C=O) groups is 1. The summed E-state index contributed by atoms with van der Waals surface area (Å²) < 4.78 is 0. The van der Waals surface area contributed by atoms with Crippen LogP contribution in [-0.2, 0) is 11.3 Å². The van der Waals surface area contributed by atoms with Gasteiger partial charge in [-0.05, 0) is 43.7 Å². The molecule has 134 valence electrons. The number of nitrogens with zero attached hydrogens (tertiary/aromatic N) is 1. The maximum Gasteiger partial charge on any atom is 0.237 e. The van der Waals surface area contributed by atoms with Gasteiger partial charge in [-0.2, -0.15) is 0 Å². The van der Waals surface area contributed by atoms with Crippen LogP contribution in [0.2, 0.25) is 0 Å². The van der Waals surface area contributed by atoms with E-state index < -0.39 is 0 Å². The first-order valence-electron chi connectivity index (χ1n) is 9.11. The number of benzene rings is 1. The van der Waals surface area contributed by atoms with Crippen molar-refractivity contribution in [3.8, 4) is 0 Å². The molecule has 1 fully saturated rings. The molecule has 1 amide bonds. The van der Waals surface area contributed by atoms with Gasteiger partial charge in [0, 0.05) is 13.1 Å². The second-order valence-corrected chi connectivity index (χ2v) is 7.90. The van der Waals surface area contributed by atoms with E-state index in [0.29, 0.717) is 13.0 Å². The molecule has 0 spiro atoms. The average molecular weight is 332 g/mol. The molecule has 4 nitrogen and oxygen atoms in total. The number of rotatable bonds is 7. The zero-order valence-electron chi connectivity index (χ0n) is 15.3. The van der Waals surface area contributed by atoms with Gasteiger partial charge in [0.15, 0.2) is 0 Å². The topological polar surface area (TPSA) is 52.6 Å². The van der Waals surface area contributed by atoms with Crippen LogP contribution < -0.4 is 5.32 Å². The van der Waals surface area contributed by atoms with Crippen molar-refractivity contribution >= 4 is 5.91 Å². The quantitative estimate of drug-likeness (QED) is 0.807. The van der Waals surface area contributed by atoms with Gasteiger partial charge in [0.2, 0.25) is 5.91 Å². The van der Waals surface area contributed by atoms with Crippen molar-refractivity contribution in [2.75, 3.05) is 13.1 Å². The number of aliphatic hydroxyl groups is 1. The fourth-order valence-corrected chi connectivity index (χ4v) is 3.61. The van der Waals surface area contributed by atoms with Crippen LogP contribution in [0.5, 0.6) is 0 Å². The third-order valence-electron chi connectivity index (χ3n) is 4.73. The Bertz CT molecular complexity index is 514. The first-order valence-corrected chi connectivity index (χ1v) is 9.11. The van der Waals surface area contributed by atoms with Gasteiger partial charge in [-0.15, -0.1) is 0 Å². The smallest absolute Gasteiger partial charge is 0.237 e. The van der Waals surface area contributed by atoms with E-state index in [1.807, 2.05) is 18.2 Å². The van der Waals surface area contributed by atoms with Crippen LogP contribution in [0, 0.1) is 5.41 Å².